The smallest absolute Gasteiger partial charge is 0.316 e. The highest BCUT2D eigenvalue weighted by Crippen LogP contribution is 2.43. The van der Waals surface area contributed by atoms with E-state index in [-0.39, 0.29) is 24.5 Å². The average Bonchev–Trinajstić information content (AvgIpc) is 2.51. The molecular weight excluding hydrogens is 220 g/mol. The largest absolute Gasteiger partial charge is 0.465 e. The molecule has 0 aromatic heterocycles. The van der Waals surface area contributed by atoms with Crippen molar-refractivity contribution >= 4 is 11.9 Å². The SMILES string of the molecule is CCOC(=O)[C@]12CCC=C[C@@H]1CCC(=O)OC2. The molecule has 0 saturated carbocycles. The lowest BCUT2D eigenvalue weighted by molar-refractivity contribution is -0.165. The highest BCUT2D eigenvalue weighted by Gasteiger charge is 2.49. The number of allylic oxidation sites excluding steroid dienone is 2. The zero-order valence-corrected chi connectivity index (χ0v) is 10.1. The molecule has 2 aliphatic rings. The Kier molecular flexibility index (Phi) is 3.50. The van der Waals surface area contributed by atoms with Crippen LogP contribution < -0.4 is 0 Å². The summed E-state index contributed by atoms with van der Waals surface area (Å²) >= 11 is 0. The maximum absolute atomic E-state index is 12.2. The average molecular weight is 238 g/mol. The van der Waals surface area contributed by atoms with E-state index in [0.717, 1.165) is 6.42 Å². The van der Waals surface area contributed by atoms with Crippen LogP contribution >= 0.6 is 0 Å². The summed E-state index contributed by atoms with van der Waals surface area (Å²) in [6.45, 7) is 2.33. The predicted octanol–water partition coefficient (Wildman–Crippen LogP) is 1.84. The summed E-state index contributed by atoms with van der Waals surface area (Å²) in [5.41, 5.74) is -0.642. The lowest BCUT2D eigenvalue weighted by Crippen LogP contribution is -2.43. The fourth-order valence-electron chi connectivity index (χ4n) is 2.66. The fourth-order valence-corrected chi connectivity index (χ4v) is 2.66. The van der Waals surface area contributed by atoms with E-state index in [4.69, 9.17) is 9.47 Å². The molecule has 1 saturated heterocycles. The third-order valence-electron chi connectivity index (χ3n) is 3.67. The molecular formula is C13H18O4. The number of rotatable bonds is 2. The first-order valence-corrected chi connectivity index (χ1v) is 6.18. The maximum Gasteiger partial charge on any atom is 0.316 e. The molecule has 17 heavy (non-hydrogen) atoms. The summed E-state index contributed by atoms with van der Waals surface area (Å²) in [6, 6.07) is 0. The van der Waals surface area contributed by atoms with E-state index < -0.39 is 5.41 Å². The summed E-state index contributed by atoms with van der Waals surface area (Å²) in [7, 11) is 0. The van der Waals surface area contributed by atoms with Crippen LogP contribution in [0.3, 0.4) is 0 Å². The van der Waals surface area contributed by atoms with Crippen LogP contribution in [0.25, 0.3) is 0 Å². The molecule has 0 radical (unpaired) electrons. The zero-order valence-electron chi connectivity index (χ0n) is 10.1. The molecule has 1 heterocycles. The van der Waals surface area contributed by atoms with Gasteiger partial charge in [0, 0.05) is 6.42 Å². The van der Waals surface area contributed by atoms with Crippen LogP contribution in [0.15, 0.2) is 12.2 Å². The zero-order chi connectivity index (χ0) is 12.3. The molecule has 2 atom stereocenters. The molecule has 1 fully saturated rings. The van der Waals surface area contributed by atoms with Crippen LogP contribution in [0.5, 0.6) is 0 Å². The summed E-state index contributed by atoms with van der Waals surface area (Å²) in [5.74, 6) is -0.359. The normalized spacial score (nSPS) is 32.3. The van der Waals surface area contributed by atoms with Gasteiger partial charge in [0.1, 0.15) is 12.0 Å². The Morgan fingerprint density at radius 3 is 3.24 bits per heavy atom. The minimum absolute atomic E-state index is 0.0711. The minimum Gasteiger partial charge on any atom is -0.465 e. The number of fused-ring (bicyclic) bond motifs is 1. The van der Waals surface area contributed by atoms with Gasteiger partial charge in [0.15, 0.2) is 0 Å². The lowest BCUT2D eigenvalue weighted by atomic mass is 9.68. The van der Waals surface area contributed by atoms with Gasteiger partial charge >= 0.3 is 11.9 Å². The van der Waals surface area contributed by atoms with Crippen LogP contribution in [-0.2, 0) is 19.1 Å². The van der Waals surface area contributed by atoms with Gasteiger partial charge < -0.3 is 9.47 Å². The third kappa shape index (κ3) is 2.21. The van der Waals surface area contributed by atoms with Gasteiger partial charge in [-0.15, -0.1) is 0 Å². The van der Waals surface area contributed by atoms with Crippen LogP contribution in [0.4, 0.5) is 0 Å². The Labute approximate surface area is 101 Å². The standard InChI is InChI=1S/C13H18O4/c1-2-16-12(15)13-8-4-3-5-10(13)6-7-11(14)17-9-13/h3,5,10H,2,4,6-9H2,1H3/t10-,13+/m1/s1. The highest BCUT2D eigenvalue weighted by atomic mass is 16.6. The first kappa shape index (κ1) is 12.1. The van der Waals surface area contributed by atoms with Crippen molar-refractivity contribution in [3.05, 3.63) is 12.2 Å². The summed E-state index contributed by atoms with van der Waals surface area (Å²) in [4.78, 5) is 23.5. The topological polar surface area (TPSA) is 52.6 Å². The van der Waals surface area contributed by atoms with E-state index >= 15 is 0 Å². The molecule has 4 heteroatoms. The molecule has 1 aliphatic heterocycles. The summed E-state index contributed by atoms with van der Waals surface area (Å²) in [6.07, 6.45) is 6.73. The van der Waals surface area contributed by atoms with Crippen molar-refractivity contribution in [1.29, 1.82) is 0 Å². The monoisotopic (exact) mass is 238 g/mol. The second-order valence-electron chi connectivity index (χ2n) is 4.65. The van der Waals surface area contributed by atoms with E-state index in [1.807, 2.05) is 6.08 Å². The molecule has 0 unspecified atom stereocenters. The number of hydrogen-bond donors (Lipinski definition) is 0. The van der Waals surface area contributed by atoms with E-state index in [1.54, 1.807) is 6.92 Å². The van der Waals surface area contributed by atoms with Gasteiger partial charge in [-0.25, -0.2) is 0 Å². The minimum atomic E-state index is -0.642. The Hall–Kier alpha value is -1.32. The molecule has 2 rings (SSSR count). The molecule has 0 spiro atoms. The number of cyclic esters (lactones) is 1. The van der Waals surface area contributed by atoms with E-state index in [1.165, 1.54) is 0 Å². The van der Waals surface area contributed by atoms with Crippen molar-refractivity contribution in [1.82, 2.24) is 0 Å². The molecule has 0 aromatic rings. The molecule has 4 nitrogen and oxygen atoms in total. The van der Waals surface area contributed by atoms with Gasteiger partial charge in [-0.2, -0.15) is 0 Å². The Balaban J connectivity index is 2.26. The summed E-state index contributed by atoms with van der Waals surface area (Å²) < 4.78 is 10.3. The number of carbonyl (C=O) groups is 2. The van der Waals surface area contributed by atoms with Gasteiger partial charge in [-0.1, -0.05) is 12.2 Å². The van der Waals surface area contributed by atoms with Crippen molar-refractivity contribution in [3.63, 3.8) is 0 Å². The number of hydrogen-bond acceptors (Lipinski definition) is 4. The van der Waals surface area contributed by atoms with Crippen molar-refractivity contribution < 1.29 is 19.1 Å². The second kappa shape index (κ2) is 4.90. The van der Waals surface area contributed by atoms with Crippen LogP contribution in [0.1, 0.15) is 32.6 Å². The van der Waals surface area contributed by atoms with Gasteiger partial charge in [-0.05, 0) is 32.1 Å². The van der Waals surface area contributed by atoms with Crippen molar-refractivity contribution in [2.45, 2.75) is 32.6 Å². The highest BCUT2D eigenvalue weighted by molar-refractivity contribution is 5.80. The molecule has 1 aliphatic carbocycles. The maximum atomic E-state index is 12.2. The Bertz CT molecular complexity index is 347. The van der Waals surface area contributed by atoms with Crippen molar-refractivity contribution in [3.8, 4) is 0 Å². The number of esters is 2. The molecule has 0 bridgehead atoms. The van der Waals surface area contributed by atoms with Crippen LogP contribution in [-0.4, -0.2) is 25.2 Å². The quantitative estimate of drug-likeness (QED) is 0.544. The Morgan fingerprint density at radius 2 is 2.47 bits per heavy atom. The molecule has 0 N–H and O–H groups in total. The molecule has 0 aromatic carbocycles. The summed E-state index contributed by atoms with van der Waals surface area (Å²) in [5, 5.41) is 0. The third-order valence-corrected chi connectivity index (χ3v) is 3.67. The molecule has 94 valence electrons. The number of ether oxygens (including phenoxy) is 2. The van der Waals surface area contributed by atoms with E-state index in [9.17, 15) is 9.59 Å². The first-order valence-electron chi connectivity index (χ1n) is 6.18. The predicted molar refractivity (Wildman–Crippen MR) is 61.1 cm³/mol. The lowest BCUT2D eigenvalue weighted by Gasteiger charge is -2.36. The van der Waals surface area contributed by atoms with Crippen LogP contribution in [0.2, 0.25) is 0 Å². The number of carbonyl (C=O) groups excluding carboxylic acids is 2. The fraction of sp³-hybridized carbons (Fsp3) is 0.692. The molecule has 0 amide bonds. The first-order chi connectivity index (χ1) is 8.19. The van der Waals surface area contributed by atoms with E-state index in [2.05, 4.69) is 6.08 Å². The van der Waals surface area contributed by atoms with Crippen molar-refractivity contribution in [2.24, 2.45) is 11.3 Å². The van der Waals surface area contributed by atoms with Crippen molar-refractivity contribution in [2.75, 3.05) is 13.2 Å². The van der Waals surface area contributed by atoms with Gasteiger partial charge in [0.05, 0.1) is 6.61 Å². The van der Waals surface area contributed by atoms with Gasteiger partial charge in [-0.3, -0.25) is 9.59 Å². The van der Waals surface area contributed by atoms with Gasteiger partial charge in [0.25, 0.3) is 0 Å². The van der Waals surface area contributed by atoms with Gasteiger partial charge in [0.2, 0.25) is 0 Å². The second-order valence-corrected chi connectivity index (χ2v) is 4.65. The van der Waals surface area contributed by atoms with E-state index in [0.29, 0.717) is 25.9 Å². The van der Waals surface area contributed by atoms with Crippen LogP contribution in [0, 0.1) is 11.3 Å². The Morgan fingerprint density at radius 1 is 1.65 bits per heavy atom.